The third kappa shape index (κ3) is 3.76. The molecule has 0 bridgehead atoms. The minimum atomic E-state index is -0.495. The Morgan fingerprint density at radius 1 is 1.44 bits per heavy atom. The van der Waals surface area contributed by atoms with Gasteiger partial charge in [0.1, 0.15) is 12.3 Å². The van der Waals surface area contributed by atoms with Crippen molar-refractivity contribution < 1.29 is 9.90 Å². The van der Waals surface area contributed by atoms with E-state index >= 15 is 0 Å². The molecule has 0 aliphatic rings. The summed E-state index contributed by atoms with van der Waals surface area (Å²) in [5.74, 6) is -0.349. The van der Waals surface area contributed by atoms with E-state index in [1.807, 2.05) is 6.07 Å². The maximum atomic E-state index is 10.5. The molecule has 0 heterocycles. The standard InChI is InChI=1S/C13H19N3O2/c1-3-16(4-2)11-6-5-10(12(17)7-11)8-15-9-13(14)18/h5-8,17H,3-4,9H2,1-2H3,(H2,14,18). The zero-order valence-electron chi connectivity index (χ0n) is 10.8. The highest BCUT2D eigenvalue weighted by Gasteiger charge is 2.05. The fraction of sp³-hybridized carbons (Fsp3) is 0.385. The zero-order valence-corrected chi connectivity index (χ0v) is 10.8. The van der Waals surface area contributed by atoms with Gasteiger partial charge in [0.15, 0.2) is 0 Å². The molecule has 18 heavy (non-hydrogen) atoms. The fourth-order valence-electron chi connectivity index (χ4n) is 1.66. The predicted molar refractivity (Wildman–Crippen MR) is 73.3 cm³/mol. The lowest BCUT2D eigenvalue weighted by Gasteiger charge is -2.21. The summed E-state index contributed by atoms with van der Waals surface area (Å²) < 4.78 is 0. The second-order valence-electron chi connectivity index (χ2n) is 3.85. The largest absolute Gasteiger partial charge is 0.507 e. The van der Waals surface area contributed by atoms with E-state index in [-0.39, 0.29) is 12.3 Å². The molecule has 1 rings (SSSR count). The Hall–Kier alpha value is -2.04. The molecule has 1 amide bonds. The number of carbonyl (C=O) groups excluding carboxylic acids is 1. The van der Waals surface area contributed by atoms with Gasteiger partial charge in [0.05, 0.1) is 0 Å². The fourth-order valence-corrected chi connectivity index (χ4v) is 1.66. The first-order chi connectivity index (χ1) is 8.58. The van der Waals surface area contributed by atoms with Gasteiger partial charge < -0.3 is 15.7 Å². The molecule has 3 N–H and O–H groups in total. The van der Waals surface area contributed by atoms with Gasteiger partial charge in [-0.2, -0.15) is 0 Å². The molecule has 5 nitrogen and oxygen atoms in total. The van der Waals surface area contributed by atoms with Crippen LogP contribution in [0.1, 0.15) is 19.4 Å². The Labute approximate surface area is 107 Å². The van der Waals surface area contributed by atoms with Crippen LogP contribution in [0.15, 0.2) is 23.2 Å². The van der Waals surface area contributed by atoms with Gasteiger partial charge in [-0.3, -0.25) is 9.79 Å². The number of amides is 1. The van der Waals surface area contributed by atoms with E-state index in [0.29, 0.717) is 5.56 Å². The zero-order chi connectivity index (χ0) is 13.5. The van der Waals surface area contributed by atoms with Crippen LogP contribution in [0.2, 0.25) is 0 Å². The topological polar surface area (TPSA) is 78.9 Å². The van der Waals surface area contributed by atoms with E-state index in [9.17, 15) is 9.90 Å². The highest BCUT2D eigenvalue weighted by Crippen LogP contribution is 2.23. The number of phenols is 1. The summed E-state index contributed by atoms with van der Waals surface area (Å²) in [6, 6.07) is 5.38. The van der Waals surface area contributed by atoms with Crippen LogP contribution in [0, 0.1) is 0 Å². The molecule has 0 unspecified atom stereocenters. The Balaban J connectivity index is 2.85. The molecule has 1 aromatic rings. The van der Waals surface area contributed by atoms with E-state index in [1.165, 1.54) is 6.21 Å². The first kappa shape index (κ1) is 14.0. The maximum Gasteiger partial charge on any atom is 0.239 e. The highest BCUT2D eigenvalue weighted by atomic mass is 16.3. The summed E-state index contributed by atoms with van der Waals surface area (Å²) >= 11 is 0. The Morgan fingerprint density at radius 3 is 2.61 bits per heavy atom. The van der Waals surface area contributed by atoms with Crippen molar-refractivity contribution in [3.8, 4) is 5.75 Å². The van der Waals surface area contributed by atoms with Gasteiger partial charge in [-0.25, -0.2) is 0 Å². The van der Waals surface area contributed by atoms with E-state index in [1.54, 1.807) is 12.1 Å². The molecule has 0 atom stereocenters. The van der Waals surface area contributed by atoms with Crippen molar-refractivity contribution >= 4 is 17.8 Å². The maximum absolute atomic E-state index is 10.5. The molecule has 0 saturated heterocycles. The van der Waals surface area contributed by atoms with Crippen LogP contribution < -0.4 is 10.6 Å². The first-order valence-corrected chi connectivity index (χ1v) is 5.94. The minimum Gasteiger partial charge on any atom is -0.507 e. The van der Waals surface area contributed by atoms with Crippen LogP contribution in [0.3, 0.4) is 0 Å². The van der Waals surface area contributed by atoms with Crippen LogP contribution in [-0.4, -0.2) is 36.9 Å². The van der Waals surface area contributed by atoms with Gasteiger partial charge in [-0.05, 0) is 26.0 Å². The Bertz CT molecular complexity index is 440. The summed E-state index contributed by atoms with van der Waals surface area (Å²) in [4.78, 5) is 16.5. The van der Waals surface area contributed by atoms with Gasteiger partial charge in [-0.1, -0.05) is 0 Å². The SMILES string of the molecule is CCN(CC)c1ccc(C=NCC(N)=O)c(O)c1. The van der Waals surface area contributed by atoms with E-state index in [2.05, 4.69) is 23.7 Å². The van der Waals surface area contributed by atoms with E-state index in [0.717, 1.165) is 18.8 Å². The third-order valence-corrected chi connectivity index (χ3v) is 2.62. The normalized spacial score (nSPS) is 10.8. The molecule has 0 aromatic heterocycles. The molecule has 1 aromatic carbocycles. The summed E-state index contributed by atoms with van der Waals surface area (Å²) in [6.07, 6.45) is 1.45. The number of aromatic hydroxyl groups is 1. The summed E-state index contributed by atoms with van der Waals surface area (Å²) in [5.41, 5.74) is 6.51. The number of rotatable bonds is 6. The predicted octanol–water partition coefficient (Wildman–Crippen LogP) is 1.14. The average molecular weight is 249 g/mol. The lowest BCUT2D eigenvalue weighted by atomic mass is 10.2. The minimum absolute atomic E-state index is 0.0722. The number of aliphatic imine (C=N–C) groups is 1. The van der Waals surface area contributed by atoms with Crippen molar-refractivity contribution in [3.63, 3.8) is 0 Å². The van der Waals surface area contributed by atoms with E-state index < -0.39 is 5.91 Å². The van der Waals surface area contributed by atoms with Crippen LogP contribution in [0.25, 0.3) is 0 Å². The Kier molecular flexibility index (Phi) is 5.17. The second-order valence-corrected chi connectivity index (χ2v) is 3.85. The number of hydrogen-bond acceptors (Lipinski definition) is 4. The second kappa shape index (κ2) is 6.64. The summed E-state index contributed by atoms with van der Waals surface area (Å²) in [7, 11) is 0. The number of nitrogens with zero attached hydrogens (tertiary/aromatic N) is 2. The summed E-state index contributed by atoms with van der Waals surface area (Å²) in [5, 5.41) is 9.86. The molecule has 0 spiro atoms. The third-order valence-electron chi connectivity index (χ3n) is 2.62. The first-order valence-electron chi connectivity index (χ1n) is 5.94. The van der Waals surface area contributed by atoms with Crippen molar-refractivity contribution in [2.24, 2.45) is 10.7 Å². The molecule has 0 aliphatic carbocycles. The smallest absolute Gasteiger partial charge is 0.239 e. The van der Waals surface area contributed by atoms with Gasteiger partial charge in [0.2, 0.25) is 5.91 Å². The molecule has 0 saturated carbocycles. The lowest BCUT2D eigenvalue weighted by molar-refractivity contribution is -0.116. The van der Waals surface area contributed by atoms with Crippen molar-refractivity contribution in [1.29, 1.82) is 0 Å². The van der Waals surface area contributed by atoms with Crippen molar-refractivity contribution in [1.82, 2.24) is 0 Å². The van der Waals surface area contributed by atoms with Crippen LogP contribution >= 0.6 is 0 Å². The highest BCUT2D eigenvalue weighted by molar-refractivity contribution is 5.86. The van der Waals surface area contributed by atoms with Crippen molar-refractivity contribution in [2.45, 2.75) is 13.8 Å². The van der Waals surface area contributed by atoms with Gasteiger partial charge in [0, 0.05) is 36.6 Å². The lowest BCUT2D eigenvalue weighted by Crippen LogP contribution is -2.21. The summed E-state index contributed by atoms with van der Waals surface area (Å²) in [6.45, 7) is 5.80. The quantitative estimate of drug-likeness (QED) is 0.742. The number of anilines is 1. The monoisotopic (exact) mass is 249 g/mol. The molecule has 0 aliphatic heterocycles. The van der Waals surface area contributed by atoms with Crippen LogP contribution in [0.4, 0.5) is 5.69 Å². The average Bonchev–Trinajstić information content (AvgIpc) is 2.33. The van der Waals surface area contributed by atoms with Gasteiger partial charge in [0.25, 0.3) is 0 Å². The van der Waals surface area contributed by atoms with Crippen LogP contribution in [0.5, 0.6) is 5.75 Å². The molecule has 0 fully saturated rings. The van der Waals surface area contributed by atoms with Gasteiger partial charge in [-0.15, -0.1) is 0 Å². The number of benzene rings is 1. The van der Waals surface area contributed by atoms with E-state index in [4.69, 9.17) is 5.73 Å². The number of primary amides is 1. The molecule has 5 heteroatoms. The number of phenolic OH excluding ortho intramolecular Hbond substituents is 1. The molecule has 98 valence electrons. The van der Waals surface area contributed by atoms with Gasteiger partial charge >= 0.3 is 0 Å². The number of hydrogen-bond donors (Lipinski definition) is 2. The van der Waals surface area contributed by atoms with Crippen molar-refractivity contribution in [3.05, 3.63) is 23.8 Å². The van der Waals surface area contributed by atoms with Crippen molar-refractivity contribution in [2.75, 3.05) is 24.5 Å². The molecular weight excluding hydrogens is 230 g/mol. The van der Waals surface area contributed by atoms with Crippen LogP contribution in [-0.2, 0) is 4.79 Å². The Morgan fingerprint density at radius 2 is 2.11 bits per heavy atom. The molecular formula is C13H19N3O2. The number of nitrogens with two attached hydrogens (primary N) is 1. The number of carbonyl (C=O) groups is 1. The molecule has 0 radical (unpaired) electrons.